The van der Waals surface area contributed by atoms with Gasteiger partial charge in [0.2, 0.25) is 16.0 Å². The number of piperidine rings is 1. The number of anilines is 1. The lowest BCUT2D eigenvalue weighted by Crippen LogP contribution is -2.48. The highest BCUT2D eigenvalue weighted by Gasteiger charge is 2.47. The van der Waals surface area contributed by atoms with Gasteiger partial charge in [-0.25, -0.2) is 13.4 Å². The molecule has 0 bridgehead atoms. The zero-order chi connectivity index (χ0) is 19.2. The molecule has 1 aromatic carbocycles. The van der Waals surface area contributed by atoms with E-state index in [2.05, 4.69) is 4.98 Å². The Morgan fingerprint density at radius 3 is 2.63 bits per heavy atom. The summed E-state index contributed by atoms with van der Waals surface area (Å²) in [6, 6.07) is 8.55. The molecule has 144 valence electrons. The highest BCUT2D eigenvalue weighted by atomic mass is 32.2. The maximum atomic E-state index is 13.1. The number of hydrogen-bond acceptors (Lipinski definition) is 5. The fourth-order valence-electron chi connectivity index (χ4n) is 4.28. The van der Waals surface area contributed by atoms with Crippen LogP contribution in [0.4, 0.5) is 5.95 Å². The van der Waals surface area contributed by atoms with Crippen molar-refractivity contribution in [3.05, 3.63) is 51.9 Å². The fraction of sp³-hybridized carbons (Fsp3) is 0.474. The van der Waals surface area contributed by atoms with E-state index in [1.54, 1.807) is 33.5 Å². The van der Waals surface area contributed by atoms with Gasteiger partial charge < -0.3 is 4.90 Å². The maximum Gasteiger partial charge on any atom is 0.255 e. The minimum absolute atomic E-state index is 0.108. The molecule has 7 nitrogen and oxygen atoms in total. The van der Waals surface area contributed by atoms with Gasteiger partial charge >= 0.3 is 0 Å². The largest absolute Gasteiger partial charge is 0.348 e. The minimum atomic E-state index is -3.56. The van der Waals surface area contributed by atoms with E-state index in [9.17, 15) is 13.2 Å². The van der Waals surface area contributed by atoms with Crippen LogP contribution < -0.4 is 10.5 Å². The van der Waals surface area contributed by atoms with Crippen LogP contribution >= 0.6 is 0 Å². The van der Waals surface area contributed by atoms with E-state index in [0.717, 1.165) is 25.0 Å². The highest BCUT2D eigenvalue weighted by molar-refractivity contribution is 7.89. The van der Waals surface area contributed by atoms with Gasteiger partial charge in [0.05, 0.1) is 10.6 Å². The van der Waals surface area contributed by atoms with Gasteiger partial charge in [0.1, 0.15) is 0 Å². The molecule has 1 N–H and O–H groups in total. The summed E-state index contributed by atoms with van der Waals surface area (Å²) in [5, 5.41) is 0. The van der Waals surface area contributed by atoms with Crippen LogP contribution in [0.3, 0.4) is 0 Å². The molecule has 1 fully saturated rings. The molecular weight excluding hydrogens is 364 g/mol. The smallest absolute Gasteiger partial charge is 0.255 e. The van der Waals surface area contributed by atoms with E-state index in [4.69, 9.17) is 4.98 Å². The van der Waals surface area contributed by atoms with Crippen molar-refractivity contribution in [2.75, 3.05) is 32.1 Å². The molecule has 1 aliphatic heterocycles. The van der Waals surface area contributed by atoms with Crippen LogP contribution in [0.25, 0.3) is 0 Å². The molecule has 1 unspecified atom stereocenters. The monoisotopic (exact) mass is 388 g/mol. The van der Waals surface area contributed by atoms with Gasteiger partial charge in [-0.15, -0.1) is 0 Å². The lowest BCUT2D eigenvalue weighted by atomic mass is 9.78. The third kappa shape index (κ3) is 2.96. The van der Waals surface area contributed by atoms with E-state index in [-0.39, 0.29) is 11.0 Å². The number of aromatic amines is 1. The average Bonchev–Trinajstić information content (AvgIpc) is 3.01. The molecule has 8 heteroatoms. The summed E-state index contributed by atoms with van der Waals surface area (Å²) < 4.78 is 27.8. The van der Waals surface area contributed by atoms with Crippen LogP contribution in [0.15, 0.2) is 40.0 Å². The number of H-pyrrole nitrogens is 1. The number of hydrogen-bond donors (Lipinski definition) is 1. The Morgan fingerprint density at radius 2 is 1.93 bits per heavy atom. The van der Waals surface area contributed by atoms with Crippen molar-refractivity contribution in [1.82, 2.24) is 14.3 Å². The Hall–Kier alpha value is -2.19. The zero-order valence-corrected chi connectivity index (χ0v) is 16.4. The van der Waals surface area contributed by atoms with E-state index in [0.29, 0.717) is 35.9 Å². The quantitative estimate of drug-likeness (QED) is 0.861. The summed E-state index contributed by atoms with van der Waals surface area (Å²) in [6.45, 7) is 0.874. The van der Waals surface area contributed by atoms with Crippen LogP contribution in [-0.2, 0) is 21.9 Å². The van der Waals surface area contributed by atoms with Crippen LogP contribution in [0, 0.1) is 0 Å². The number of nitrogens with zero attached hydrogens (tertiary/aromatic N) is 3. The second-order valence-electron chi connectivity index (χ2n) is 7.65. The summed E-state index contributed by atoms with van der Waals surface area (Å²) in [7, 11) is 0.110. The molecule has 0 amide bonds. The predicted molar refractivity (Wildman–Crippen MR) is 104 cm³/mol. The molecule has 1 atom stereocenters. The molecule has 1 spiro atoms. The van der Waals surface area contributed by atoms with Crippen LogP contribution in [0.1, 0.15) is 30.5 Å². The van der Waals surface area contributed by atoms with Crippen molar-refractivity contribution in [1.29, 1.82) is 0 Å². The number of fused-ring (bicyclic) bond motifs is 2. The maximum absolute atomic E-state index is 13.1. The van der Waals surface area contributed by atoms with E-state index >= 15 is 0 Å². The van der Waals surface area contributed by atoms with Crippen molar-refractivity contribution in [2.24, 2.45) is 0 Å². The van der Waals surface area contributed by atoms with Crippen LogP contribution in [0.5, 0.6) is 0 Å². The Labute approximate surface area is 159 Å². The SMILES string of the molecule is CN(C)c1nc2c(c(=O)[nH]1)CCC21CCCN(S(=O)(=O)c2ccccc2)C1. The van der Waals surface area contributed by atoms with Crippen molar-refractivity contribution in [3.63, 3.8) is 0 Å². The van der Waals surface area contributed by atoms with E-state index < -0.39 is 10.0 Å². The number of nitrogens with one attached hydrogen (secondary N) is 1. The Bertz CT molecular complexity index is 1020. The van der Waals surface area contributed by atoms with Gasteiger partial charge in [0.15, 0.2) is 0 Å². The second kappa shape index (κ2) is 6.45. The predicted octanol–water partition coefficient (Wildman–Crippen LogP) is 1.50. The summed E-state index contributed by atoms with van der Waals surface area (Å²) in [6.07, 6.45) is 3.02. The van der Waals surface area contributed by atoms with Crippen molar-refractivity contribution < 1.29 is 8.42 Å². The van der Waals surface area contributed by atoms with Gasteiger partial charge in [0.25, 0.3) is 5.56 Å². The summed E-state index contributed by atoms with van der Waals surface area (Å²) >= 11 is 0. The third-order valence-electron chi connectivity index (χ3n) is 5.71. The van der Waals surface area contributed by atoms with Gasteiger partial charge in [-0.3, -0.25) is 9.78 Å². The Kier molecular flexibility index (Phi) is 4.35. The number of sulfonamides is 1. The molecule has 0 radical (unpaired) electrons. The number of benzene rings is 1. The molecule has 1 aromatic heterocycles. The van der Waals surface area contributed by atoms with E-state index in [1.807, 2.05) is 20.2 Å². The van der Waals surface area contributed by atoms with Crippen molar-refractivity contribution >= 4 is 16.0 Å². The summed E-state index contributed by atoms with van der Waals surface area (Å²) in [5.74, 6) is 0.517. The normalized spacial score (nSPS) is 22.7. The molecule has 2 aromatic rings. The topological polar surface area (TPSA) is 86.4 Å². The minimum Gasteiger partial charge on any atom is -0.348 e. The van der Waals surface area contributed by atoms with Gasteiger partial charge in [-0.05, 0) is 37.8 Å². The zero-order valence-electron chi connectivity index (χ0n) is 15.6. The number of aromatic nitrogens is 2. The standard InChI is InChI=1S/C19H24N4O3S/c1-22(2)18-20-16-15(17(24)21-18)9-11-19(16)10-6-12-23(13-19)27(25,26)14-7-4-3-5-8-14/h3-5,7-8H,6,9-13H2,1-2H3,(H,20,21,24). The van der Waals surface area contributed by atoms with Crippen molar-refractivity contribution in [3.8, 4) is 0 Å². The Morgan fingerprint density at radius 1 is 1.19 bits per heavy atom. The molecule has 2 aliphatic rings. The molecule has 0 saturated carbocycles. The van der Waals surface area contributed by atoms with Crippen LogP contribution in [0.2, 0.25) is 0 Å². The average molecular weight is 388 g/mol. The first-order valence-corrected chi connectivity index (χ1v) is 10.6. The molecule has 1 aliphatic carbocycles. The molecular formula is C19H24N4O3S. The van der Waals surface area contributed by atoms with Gasteiger partial charge in [-0.1, -0.05) is 18.2 Å². The van der Waals surface area contributed by atoms with Crippen molar-refractivity contribution in [2.45, 2.75) is 36.0 Å². The second-order valence-corrected chi connectivity index (χ2v) is 9.58. The van der Waals surface area contributed by atoms with Crippen LogP contribution in [-0.4, -0.2) is 49.9 Å². The Balaban J connectivity index is 1.74. The highest BCUT2D eigenvalue weighted by Crippen LogP contribution is 2.44. The van der Waals surface area contributed by atoms with E-state index in [1.165, 1.54) is 0 Å². The molecule has 4 rings (SSSR count). The van der Waals surface area contributed by atoms with Gasteiger partial charge in [-0.2, -0.15) is 4.31 Å². The summed E-state index contributed by atoms with van der Waals surface area (Å²) in [5.41, 5.74) is 1.00. The summed E-state index contributed by atoms with van der Waals surface area (Å²) in [4.78, 5) is 22.1. The van der Waals surface area contributed by atoms with Gasteiger partial charge in [0, 0.05) is 38.2 Å². The molecule has 2 heterocycles. The lowest BCUT2D eigenvalue weighted by molar-refractivity contribution is 0.219. The third-order valence-corrected chi connectivity index (χ3v) is 7.56. The fourth-order valence-corrected chi connectivity index (χ4v) is 5.87. The molecule has 1 saturated heterocycles. The number of rotatable bonds is 3. The first-order valence-electron chi connectivity index (χ1n) is 9.20. The first kappa shape index (κ1) is 18.2. The molecule has 27 heavy (non-hydrogen) atoms. The lowest BCUT2D eigenvalue weighted by Gasteiger charge is -2.39. The first-order chi connectivity index (χ1) is 12.8.